The molecule has 0 aliphatic carbocycles. The summed E-state index contributed by atoms with van der Waals surface area (Å²) in [5, 5.41) is 38.2. The Morgan fingerprint density at radius 3 is 2.39 bits per heavy atom. The van der Waals surface area contributed by atoms with Crippen molar-refractivity contribution in [3.8, 4) is 0 Å². The molecule has 0 aromatic carbocycles. The van der Waals surface area contributed by atoms with Gasteiger partial charge in [-0.05, 0) is 32.6 Å². The van der Waals surface area contributed by atoms with E-state index in [-0.39, 0.29) is 25.4 Å². The predicted molar refractivity (Wildman–Crippen MR) is 87.7 cm³/mol. The van der Waals surface area contributed by atoms with Crippen LogP contribution in [0.15, 0.2) is 24.3 Å². The number of hydrogen-bond donors (Lipinski definition) is 4. The number of rotatable bonds is 12. The number of carbonyl (C=O) groups excluding carboxylic acids is 1. The molecule has 0 aromatic rings. The fourth-order valence-electron chi connectivity index (χ4n) is 2.02. The molecule has 0 aromatic heterocycles. The van der Waals surface area contributed by atoms with Crippen molar-refractivity contribution < 1.29 is 30.0 Å². The number of aliphatic hydroxyl groups excluding tert-OH is 4. The van der Waals surface area contributed by atoms with E-state index in [0.717, 1.165) is 19.3 Å². The van der Waals surface area contributed by atoms with E-state index < -0.39 is 24.3 Å². The van der Waals surface area contributed by atoms with Gasteiger partial charge in [-0.25, -0.2) is 0 Å². The van der Waals surface area contributed by atoms with Crippen LogP contribution in [0.3, 0.4) is 0 Å². The van der Waals surface area contributed by atoms with Gasteiger partial charge in [0.25, 0.3) is 0 Å². The lowest BCUT2D eigenvalue weighted by atomic mass is 10.0. The summed E-state index contributed by atoms with van der Waals surface area (Å²) in [6.45, 7) is 1.76. The third-order valence-electron chi connectivity index (χ3n) is 3.26. The van der Waals surface area contributed by atoms with E-state index >= 15 is 0 Å². The minimum atomic E-state index is -0.984. The van der Waals surface area contributed by atoms with E-state index in [1.807, 2.05) is 12.2 Å². The highest BCUT2D eigenvalue weighted by atomic mass is 16.5. The third-order valence-corrected chi connectivity index (χ3v) is 3.26. The molecular formula is C17H30O6. The fraction of sp³-hybridized carbons (Fsp3) is 0.706. The van der Waals surface area contributed by atoms with Gasteiger partial charge < -0.3 is 25.2 Å². The lowest BCUT2D eigenvalue weighted by Gasteiger charge is -2.16. The van der Waals surface area contributed by atoms with Crippen LogP contribution in [0.2, 0.25) is 0 Å². The standard InChI is InChI=1S/C17H30O6/c1-13(18)8-6-4-3-5-7-9-14(19)10-15(20)11-16(21)12-17(22)23-2/h3,5,7,9,13-16,18-21H,4,6,8,10-12H2,1-2H3/b5-3+,9-7+/t13-,14-,15+,16-/m1/s1. The van der Waals surface area contributed by atoms with Gasteiger partial charge in [-0.3, -0.25) is 4.79 Å². The predicted octanol–water partition coefficient (Wildman–Crippen LogP) is 1.08. The van der Waals surface area contributed by atoms with E-state index in [1.165, 1.54) is 7.11 Å². The molecule has 0 radical (unpaired) electrons. The van der Waals surface area contributed by atoms with E-state index in [1.54, 1.807) is 19.1 Å². The number of unbranched alkanes of at least 4 members (excludes halogenated alkanes) is 1. The molecule has 0 fully saturated rings. The van der Waals surface area contributed by atoms with Gasteiger partial charge in [-0.1, -0.05) is 24.3 Å². The van der Waals surface area contributed by atoms with Crippen LogP contribution < -0.4 is 0 Å². The number of esters is 1. The zero-order valence-corrected chi connectivity index (χ0v) is 14.0. The molecule has 6 nitrogen and oxygen atoms in total. The van der Waals surface area contributed by atoms with Crippen LogP contribution in [0, 0.1) is 0 Å². The Hall–Kier alpha value is -1.21. The van der Waals surface area contributed by atoms with Crippen molar-refractivity contribution in [3.05, 3.63) is 24.3 Å². The highest BCUT2D eigenvalue weighted by Crippen LogP contribution is 2.10. The summed E-state index contributed by atoms with van der Waals surface area (Å²) in [6.07, 6.45) is 6.47. The molecule has 134 valence electrons. The van der Waals surface area contributed by atoms with Crippen LogP contribution in [-0.4, -0.2) is 57.9 Å². The molecule has 0 saturated heterocycles. The second-order valence-corrected chi connectivity index (χ2v) is 5.72. The molecule has 0 saturated carbocycles. The van der Waals surface area contributed by atoms with E-state index in [2.05, 4.69) is 4.74 Å². The van der Waals surface area contributed by atoms with E-state index in [9.17, 15) is 20.1 Å². The van der Waals surface area contributed by atoms with Crippen LogP contribution >= 0.6 is 0 Å². The zero-order valence-electron chi connectivity index (χ0n) is 14.0. The number of carbonyl (C=O) groups is 1. The molecule has 0 amide bonds. The van der Waals surface area contributed by atoms with Crippen molar-refractivity contribution in [2.75, 3.05) is 7.11 Å². The SMILES string of the molecule is COC(=O)C[C@H](O)C[C@@H](O)C[C@H](O)/C=C/C=C/CCC[C@@H](C)O. The fourth-order valence-corrected chi connectivity index (χ4v) is 2.02. The highest BCUT2D eigenvalue weighted by Gasteiger charge is 2.17. The van der Waals surface area contributed by atoms with E-state index in [4.69, 9.17) is 5.11 Å². The first-order valence-corrected chi connectivity index (χ1v) is 7.97. The van der Waals surface area contributed by atoms with Gasteiger partial charge in [0, 0.05) is 6.42 Å². The average Bonchev–Trinajstić information content (AvgIpc) is 2.45. The zero-order chi connectivity index (χ0) is 17.7. The molecule has 0 unspecified atom stereocenters. The van der Waals surface area contributed by atoms with Crippen molar-refractivity contribution in [2.45, 2.75) is 69.9 Å². The van der Waals surface area contributed by atoms with Gasteiger partial charge in [0.1, 0.15) is 0 Å². The Balaban J connectivity index is 3.90. The van der Waals surface area contributed by atoms with Crippen molar-refractivity contribution in [1.29, 1.82) is 0 Å². The quantitative estimate of drug-likeness (QED) is 0.242. The Labute approximate surface area is 138 Å². The van der Waals surface area contributed by atoms with Gasteiger partial charge in [0.2, 0.25) is 0 Å². The van der Waals surface area contributed by atoms with Gasteiger partial charge in [0.05, 0.1) is 37.9 Å². The molecule has 23 heavy (non-hydrogen) atoms. The maximum Gasteiger partial charge on any atom is 0.308 e. The molecular weight excluding hydrogens is 300 g/mol. The monoisotopic (exact) mass is 330 g/mol. The molecule has 6 heteroatoms. The minimum absolute atomic E-state index is 0.00911. The van der Waals surface area contributed by atoms with Crippen molar-refractivity contribution in [1.82, 2.24) is 0 Å². The topological polar surface area (TPSA) is 107 Å². The second kappa shape index (κ2) is 13.2. The van der Waals surface area contributed by atoms with Crippen LogP contribution in [-0.2, 0) is 9.53 Å². The number of methoxy groups -OCH3 is 1. The molecule has 4 N–H and O–H groups in total. The van der Waals surface area contributed by atoms with Gasteiger partial charge in [-0.2, -0.15) is 0 Å². The molecule has 0 spiro atoms. The van der Waals surface area contributed by atoms with E-state index in [0.29, 0.717) is 0 Å². The Kier molecular flexibility index (Phi) is 12.6. The number of aliphatic hydroxyl groups is 4. The summed E-state index contributed by atoms with van der Waals surface area (Å²) in [4.78, 5) is 11.0. The van der Waals surface area contributed by atoms with Crippen LogP contribution in [0.4, 0.5) is 0 Å². The summed E-state index contributed by atoms with van der Waals surface area (Å²) >= 11 is 0. The van der Waals surface area contributed by atoms with Gasteiger partial charge >= 0.3 is 5.97 Å². The molecule has 0 bridgehead atoms. The Bertz CT molecular complexity index is 364. The lowest BCUT2D eigenvalue weighted by molar-refractivity contribution is -0.143. The smallest absolute Gasteiger partial charge is 0.308 e. The maximum atomic E-state index is 11.0. The number of allylic oxidation sites excluding steroid dienone is 3. The Morgan fingerprint density at radius 1 is 1.09 bits per heavy atom. The summed E-state index contributed by atoms with van der Waals surface area (Å²) < 4.78 is 4.43. The van der Waals surface area contributed by atoms with Crippen LogP contribution in [0.25, 0.3) is 0 Å². The maximum absolute atomic E-state index is 11.0. The number of ether oxygens (including phenoxy) is 1. The summed E-state index contributed by atoms with van der Waals surface area (Å²) in [5.41, 5.74) is 0. The first-order chi connectivity index (χ1) is 10.8. The largest absolute Gasteiger partial charge is 0.469 e. The minimum Gasteiger partial charge on any atom is -0.469 e. The molecule has 4 atom stereocenters. The van der Waals surface area contributed by atoms with Crippen molar-refractivity contribution in [3.63, 3.8) is 0 Å². The normalized spacial score (nSPS) is 17.3. The van der Waals surface area contributed by atoms with Crippen molar-refractivity contribution in [2.24, 2.45) is 0 Å². The van der Waals surface area contributed by atoms with Crippen molar-refractivity contribution >= 4 is 5.97 Å². The average molecular weight is 330 g/mol. The first-order valence-electron chi connectivity index (χ1n) is 7.97. The molecule has 0 aliphatic heterocycles. The number of hydrogen-bond acceptors (Lipinski definition) is 6. The van der Waals surface area contributed by atoms with Crippen LogP contribution in [0.1, 0.15) is 45.4 Å². The lowest BCUT2D eigenvalue weighted by Crippen LogP contribution is -2.24. The van der Waals surface area contributed by atoms with Gasteiger partial charge in [0.15, 0.2) is 0 Å². The summed E-state index contributed by atoms with van der Waals surface area (Å²) in [7, 11) is 1.23. The van der Waals surface area contributed by atoms with Crippen LogP contribution in [0.5, 0.6) is 0 Å². The third kappa shape index (κ3) is 14.1. The summed E-state index contributed by atoms with van der Waals surface area (Å²) in [6, 6.07) is 0. The second-order valence-electron chi connectivity index (χ2n) is 5.72. The summed E-state index contributed by atoms with van der Waals surface area (Å²) in [5.74, 6) is -0.536. The molecule has 0 aliphatic rings. The molecule has 0 rings (SSSR count). The highest BCUT2D eigenvalue weighted by molar-refractivity contribution is 5.69. The molecule has 0 heterocycles. The Morgan fingerprint density at radius 2 is 1.78 bits per heavy atom. The van der Waals surface area contributed by atoms with Gasteiger partial charge in [-0.15, -0.1) is 0 Å². The first kappa shape index (κ1) is 21.8.